The first-order valence-corrected chi connectivity index (χ1v) is 7.61. The van der Waals surface area contributed by atoms with Gasteiger partial charge in [-0.25, -0.2) is 0 Å². The summed E-state index contributed by atoms with van der Waals surface area (Å²) in [7, 11) is 2.14. The van der Waals surface area contributed by atoms with Gasteiger partial charge in [-0.3, -0.25) is 4.90 Å². The van der Waals surface area contributed by atoms with Gasteiger partial charge in [-0.15, -0.1) is 12.4 Å². The van der Waals surface area contributed by atoms with Gasteiger partial charge >= 0.3 is 0 Å². The molecule has 0 saturated heterocycles. The van der Waals surface area contributed by atoms with Crippen molar-refractivity contribution in [3.8, 4) is 0 Å². The fourth-order valence-corrected chi connectivity index (χ4v) is 3.63. The molecule has 1 aliphatic carbocycles. The van der Waals surface area contributed by atoms with Crippen molar-refractivity contribution < 1.29 is 4.52 Å². The maximum atomic E-state index is 5.46. The average molecular weight is 307 g/mol. The highest BCUT2D eigenvalue weighted by atomic mass is 35.5. The van der Waals surface area contributed by atoms with E-state index in [4.69, 9.17) is 10.3 Å². The van der Waals surface area contributed by atoms with Crippen molar-refractivity contribution in [3.63, 3.8) is 0 Å². The van der Waals surface area contributed by atoms with Crippen LogP contribution in [0.15, 0.2) is 4.52 Å². The number of thioether (sulfide) groups is 1. The Morgan fingerprint density at radius 1 is 1.47 bits per heavy atom. The van der Waals surface area contributed by atoms with Crippen molar-refractivity contribution >= 4 is 24.2 Å². The van der Waals surface area contributed by atoms with Crippen LogP contribution in [0.3, 0.4) is 0 Å². The van der Waals surface area contributed by atoms with Crippen LogP contribution in [0, 0.1) is 0 Å². The van der Waals surface area contributed by atoms with Gasteiger partial charge in [0.1, 0.15) is 0 Å². The van der Waals surface area contributed by atoms with Gasteiger partial charge in [-0.1, -0.05) is 12.1 Å². The lowest BCUT2D eigenvalue weighted by molar-refractivity contribution is 0.228. The van der Waals surface area contributed by atoms with Crippen LogP contribution in [-0.2, 0) is 13.1 Å². The molecule has 0 spiro atoms. The zero-order chi connectivity index (χ0) is 13.0. The smallest absolute Gasteiger partial charge is 0.240 e. The van der Waals surface area contributed by atoms with Gasteiger partial charge in [0.25, 0.3) is 0 Å². The monoisotopic (exact) mass is 306 g/mol. The number of nitrogens with zero attached hydrogens (tertiary/aromatic N) is 3. The van der Waals surface area contributed by atoms with E-state index >= 15 is 0 Å². The summed E-state index contributed by atoms with van der Waals surface area (Å²) in [6, 6.07) is 0.647. The molecule has 5 nitrogen and oxygen atoms in total. The molecule has 2 N–H and O–H groups in total. The second kappa shape index (κ2) is 8.09. The summed E-state index contributed by atoms with van der Waals surface area (Å²) in [5.74, 6) is 2.47. The first kappa shape index (κ1) is 16.8. The van der Waals surface area contributed by atoms with Gasteiger partial charge in [0, 0.05) is 11.3 Å². The predicted molar refractivity (Wildman–Crippen MR) is 80.5 cm³/mol. The van der Waals surface area contributed by atoms with Crippen LogP contribution >= 0.6 is 24.2 Å². The van der Waals surface area contributed by atoms with Crippen LogP contribution in [0.25, 0.3) is 0 Å². The van der Waals surface area contributed by atoms with Crippen LogP contribution in [-0.4, -0.2) is 39.1 Å². The van der Waals surface area contributed by atoms with Gasteiger partial charge in [0.15, 0.2) is 5.82 Å². The highest BCUT2D eigenvalue weighted by Gasteiger charge is 2.27. The van der Waals surface area contributed by atoms with E-state index in [1.165, 1.54) is 25.0 Å². The zero-order valence-electron chi connectivity index (χ0n) is 11.5. The Bertz CT molecular complexity index is 376. The maximum Gasteiger partial charge on any atom is 0.240 e. The third-order valence-electron chi connectivity index (χ3n) is 3.46. The van der Waals surface area contributed by atoms with Crippen LogP contribution in [0.4, 0.5) is 0 Å². The van der Waals surface area contributed by atoms with Crippen LogP contribution in [0.5, 0.6) is 0 Å². The molecule has 110 valence electrons. The Morgan fingerprint density at radius 2 is 2.26 bits per heavy atom. The first-order chi connectivity index (χ1) is 8.72. The number of hydrogen-bond donors (Lipinski definition) is 1. The molecule has 7 heteroatoms. The highest BCUT2D eigenvalue weighted by Crippen LogP contribution is 2.32. The standard InChI is InChI=1S/C12H22N4OS.ClH/c1-3-18-10-5-4-9(6-10)16(2)8-11-14-12(7-13)17-15-11;/h9-10H,3-8,13H2,1-2H3;1H. The molecular weight excluding hydrogens is 284 g/mol. The van der Waals surface area contributed by atoms with E-state index in [0.717, 1.165) is 17.6 Å². The fourth-order valence-electron chi connectivity index (χ4n) is 2.49. The number of aromatic nitrogens is 2. The van der Waals surface area contributed by atoms with Gasteiger partial charge < -0.3 is 10.3 Å². The van der Waals surface area contributed by atoms with Crippen molar-refractivity contribution in [3.05, 3.63) is 11.7 Å². The van der Waals surface area contributed by atoms with E-state index < -0.39 is 0 Å². The Balaban J connectivity index is 0.00000180. The van der Waals surface area contributed by atoms with Crippen molar-refractivity contribution in [1.82, 2.24) is 15.0 Å². The Kier molecular flexibility index (Phi) is 7.13. The van der Waals surface area contributed by atoms with Gasteiger partial charge in [0.05, 0.1) is 13.1 Å². The number of rotatable bonds is 6. The largest absolute Gasteiger partial charge is 0.338 e. The quantitative estimate of drug-likeness (QED) is 0.867. The second-order valence-corrected chi connectivity index (χ2v) is 6.35. The normalized spacial score (nSPS) is 22.7. The summed E-state index contributed by atoms with van der Waals surface area (Å²) in [5, 5.41) is 4.77. The molecule has 1 aromatic heterocycles. The van der Waals surface area contributed by atoms with Crippen molar-refractivity contribution in [2.24, 2.45) is 5.73 Å². The summed E-state index contributed by atoms with van der Waals surface area (Å²) < 4.78 is 5.02. The molecule has 1 aromatic rings. The molecule has 0 aromatic carbocycles. The topological polar surface area (TPSA) is 68.2 Å². The second-order valence-electron chi connectivity index (χ2n) is 4.77. The van der Waals surface area contributed by atoms with Crippen molar-refractivity contribution in [2.75, 3.05) is 12.8 Å². The number of nitrogens with two attached hydrogens (primary N) is 1. The first-order valence-electron chi connectivity index (χ1n) is 6.56. The molecule has 0 radical (unpaired) electrons. The fraction of sp³-hybridized carbons (Fsp3) is 0.833. The van der Waals surface area contributed by atoms with Gasteiger partial charge in [-0.05, 0) is 32.1 Å². The molecule has 0 amide bonds. The van der Waals surface area contributed by atoms with E-state index in [0.29, 0.717) is 18.5 Å². The Hall–Kier alpha value is -0.300. The molecule has 1 aliphatic rings. The third-order valence-corrected chi connectivity index (χ3v) is 4.69. The minimum Gasteiger partial charge on any atom is -0.338 e. The van der Waals surface area contributed by atoms with E-state index in [1.807, 2.05) is 0 Å². The SMILES string of the molecule is CCSC1CCC(N(C)Cc2noc(CN)n2)C1.Cl. The summed E-state index contributed by atoms with van der Waals surface area (Å²) >= 11 is 2.08. The number of hydrogen-bond acceptors (Lipinski definition) is 6. The van der Waals surface area contributed by atoms with Crippen molar-refractivity contribution in [1.29, 1.82) is 0 Å². The molecule has 0 bridgehead atoms. The average Bonchev–Trinajstić information content (AvgIpc) is 2.98. The molecule has 19 heavy (non-hydrogen) atoms. The molecule has 1 saturated carbocycles. The lowest BCUT2D eigenvalue weighted by Crippen LogP contribution is -2.29. The van der Waals surface area contributed by atoms with Gasteiger partial charge in [-0.2, -0.15) is 16.7 Å². The molecule has 1 heterocycles. The molecule has 1 fully saturated rings. The summed E-state index contributed by atoms with van der Waals surface area (Å²) in [5.41, 5.74) is 5.46. The summed E-state index contributed by atoms with van der Waals surface area (Å²) in [6.07, 6.45) is 3.88. The molecule has 0 aliphatic heterocycles. The molecular formula is C12H23ClN4OS. The molecule has 2 unspecified atom stereocenters. The molecule has 2 atom stereocenters. The van der Waals surface area contributed by atoms with Crippen LogP contribution < -0.4 is 5.73 Å². The van der Waals surface area contributed by atoms with E-state index in [9.17, 15) is 0 Å². The van der Waals surface area contributed by atoms with Gasteiger partial charge in [0.2, 0.25) is 5.89 Å². The zero-order valence-corrected chi connectivity index (χ0v) is 13.2. The lowest BCUT2D eigenvalue weighted by Gasteiger charge is -2.22. The Labute approximate surface area is 125 Å². The minimum atomic E-state index is 0. The highest BCUT2D eigenvalue weighted by molar-refractivity contribution is 7.99. The Morgan fingerprint density at radius 3 is 2.89 bits per heavy atom. The summed E-state index contributed by atoms with van der Waals surface area (Å²) in [4.78, 5) is 6.58. The number of halogens is 1. The summed E-state index contributed by atoms with van der Waals surface area (Å²) in [6.45, 7) is 3.29. The van der Waals surface area contributed by atoms with Crippen LogP contribution in [0.2, 0.25) is 0 Å². The molecule has 2 rings (SSSR count). The van der Waals surface area contributed by atoms with E-state index in [-0.39, 0.29) is 12.4 Å². The predicted octanol–water partition coefficient (Wildman–Crippen LogP) is 2.06. The van der Waals surface area contributed by atoms with E-state index in [2.05, 4.69) is 40.8 Å². The van der Waals surface area contributed by atoms with Crippen LogP contribution in [0.1, 0.15) is 37.9 Å². The third kappa shape index (κ3) is 4.63. The van der Waals surface area contributed by atoms with E-state index in [1.54, 1.807) is 0 Å². The van der Waals surface area contributed by atoms with Crippen molar-refractivity contribution in [2.45, 2.75) is 50.6 Å². The minimum absolute atomic E-state index is 0. The lowest BCUT2D eigenvalue weighted by atomic mass is 10.2. The maximum absolute atomic E-state index is 5.46.